The highest BCUT2D eigenvalue weighted by atomic mass is 14.3. The maximum Gasteiger partial charge on any atom is -0.00149 e. The molecule has 10 aromatic rings. The van der Waals surface area contributed by atoms with Crippen molar-refractivity contribution in [2.45, 2.75) is 274 Å². The average Bonchev–Trinajstić information content (AvgIpc) is 0.763. The van der Waals surface area contributed by atoms with Crippen molar-refractivity contribution in [2.75, 3.05) is 0 Å². The second-order valence-electron chi connectivity index (χ2n) is 29.5. The van der Waals surface area contributed by atoms with E-state index in [9.17, 15) is 0 Å². The lowest BCUT2D eigenvalue weighted by atomic mass is 9.80. The zero-order valence-electron chi connectivity index (χ0n) is 68.7. The van der Waals surface area contributed by atoms with Crippen molar-refractivity contribution in [1.29, 1.82) is 0 Å². The normalized spacial score (nSPS) is 10.8. The minimum Gasteiger partial charge on any atom is -0.0622 e. The van der Waals surface area contributed by atoms with E-state index in [0.717, 1.165) is 12.8 Å². The minimum absolute atomic E-state index is 1.05. The van der Waals surface area contributed by atoms with Gasteiger partial charge in [-0.1, -0.05) is 97.9 Å². The van der Waals surface area contributed by atoms with Crippen molar-refractivity contribution in [1.82, 2.24) is 0 Å². The van der Waals surface area contributed by atoms with Crippen molar-refractivity contribution in [2.24, 2.45) is 0 Å². The average molecular weight is 1310 g/mol. The second-order valence-corrected chi connectivity index (χ2v) is 29.5. The first-order valence-electron chi connectivity index (χ1n) is 36.7. The Hall–Kier alpha value is -7.54. The zero-order chi connectivity index (χ0) is 74.0. The Bertz CT molecular complexity index is 3980. The molecular weight excluding hydrogens is 1180 g/mol. The summed E-state index contributed by atoms with van der Waals surface area (Å²) in [6.45, 7) is 79.0. The molecule has 0 heteroatoms. The van der Waals surface area contributed by atoms with Gasteiger partial charge in [-0.15, -0.1) is 0 Å². The van der Waals surface area contributed by atoms with Gasteiger partial charge in [-0.2, -0.15) is 0 Å². The lowest BCUT2D eigenvalue weighted by molar-refractivity contribution is 0.821. The maximum atomic E-state index is 2.29. The summed E-state index contributed by atoms with van der Waals surface area (Å²) >= 11 is 0. The summed E-state index contributed by atoms with van der Waals surface area (Å²) < 4.78 is 0. The fourth-order valence-corrected chi connectivity index (χ4v) is 15.0. The molecule has 0 bridgehead atoms. The van der Waals surface area contributed by atoms with Crippen LogP contribution in [0.2, 0.25) is 0 Å². The summed E-state index contributed by atoms with van der Waals surface area (Å²) in [6.07, 6.45) is 5.78. The Labute approximate surface area is 600 Å². The van der Waals surface area contributed by atoms with Crippen molar-refractivity contribution >= 4 is 10.8 Å². The molecule has 98 heavy (non-hydrogen) atoms. The molecule has 10 rings (SSSR count). The molecule has 0 aliphatic heterocycles. The first kappa shape index (κ1) is 81.1. The minimum atomic E-state index is 1.05. The summed E-state index contributed by atoms with van der Waals surface area (Å²) in [6, 6.07) is 31.8. The SMILES string of the molecule is CCc1ccccc1.Cc1c(C)c(C)c(-c2c(C)c(C)c(C)c(C)c2C)c(C)c1C.Cc1c(C)c(C)c(C)c(C)c1C.Cc1c(C)c(C)c(Cc2c(C)c(C)c(C)c(C)c2C)c(C)c1C.Cc1c(C)c(C)c2c(C)c(C)c(C)c(C)c2c1C.c1ccc(CCCc2ccccc2)cc1. The van der Waals surface area contributed by atoms with Gasteiger partial charge in [0.15, 0.2) is 0 Å². The van der Waals surface area contributed by atoms with E-state index in [2.05, 4.69) is 327 Å². The molecule has 0 aromatic heterocycles. The smallest absolute Gasteiger partial charge is 0.00149 e. The predicted octanol–water partition coefficient (Wildman–Crippen LogP) is 27.8. The third-order valence-corrected chi connectivity index (χ3v) is 25.3. The van der Waals surface area contributed by atoms with E-state index in [-0.39, 0.29) is 0 Å². The summed E-state index contributed by atoms with van der Waals surface area (Å²) in [7, 11) is 0. The molecule has 10 aromatic carbocycles. The lowest BCUT2D eigenvalue weighted by Gasteiger charge is -2.25. The summed E-state index contributed by atoms with van der Waals surface area (Å²) in [5.74, 6) is 0. The van der Waals surface area contributed by atoms with E-state index in [1.54, 1.807) is 0 Å². The number of aryl methyl sites for hydroxylation is 7. The van der Waals surface area contributed by atoms with Crippen molar-refractivity contribution in [3.8, 4) is 11.1 Å². The zero-order valence-corrected chi connectivity index (χ0v) is 68.7. The molecule has 0 heterocycles. The first-order valence-corrected chi connectivity index (χ1v) is 36.7. The highest BCUT2D eigenvalue weighted by Gasteiger charge is 2.22. The molecular formula is C98H130. The molecule has 522 valence electrons. The van der Waals surface area contributed by atoms with Gasteiger partial charge in [0.25, 0.3) is 0 Å². The number of benzene rings is 10. The van der Waals surface area contributed by atoms with Gasteiger partial charge in [-0.05, 0) is 506 Å². The molecule has 0 N–H and O–H groups in total. The second kappa shape index (κ2) is 35.0. The summed E-state index contributed by atoms with van der Waals surface area (Å²) in [4.78, 5) is 0. The van der Waals surface area contributed by atoms with Crippen LogP contribution in [0.3, 0.4) is 0 Å². The molecule has 0 aliphatic rings. The van der Waals surface area contributed by atoms with Crippen LogP contribution in [-0.4, -0.2) is 0 Å². The van der Waals surface area contributed by atoms with Gasteiger partial charge in [0, 0.05) is 0 Å². The maximum absolute atomic E-state index is 2.29. The quantitative estimate of drug-likeness (QED) is 0.142. The molecule has 0 saturated heterocycles. The lowest BCUT2D eigenvalue weighted by Crippen LogP contribution is -2.08. The van der Waals surface area contributed by atoms with Gasteiger partial charge in [0.2, 0.25) is 0 Å². The highest BCUT2D eigenvalue weighted by molar-refractivity contribution is 5.97. The van der Waals surface area contributed by atoms with Crippen LogP contribution < -0.4 is 0 Å². The van der Waals surface area contributed by atoms with Gasteiger partial charge in [0.05, 0.1) is 0 Å². The van der Waals surface area contributed by atoms with Gasteiger partial charge >= 0.3 is 0 Å². The molecule has 0 aliphatic carbocycles. The van der Waals surface area contributed by atoms with Crippen LogP contribution >= 0.6 is 0 Å². The molecule has 0 fully saturated rings. The van der Waals surface area contributed by atoms with Crippen LogP contribution in [0.5, 0.6) is 0 Å². The van der Waals surface area contributed by atoms with Crippen LogP contribution in [0.25, 0.3) is 21.9 Å². The molecule has 0 radical (unpaired) electrons. The topological polar surface area (TPSA) is 0 Å². The van der Waals surface area contributed by atoms with E-state index < -0.39 is 0 Å². The van der Waals surface area contributed by atoms with E-state index >= 15 is 0 Å². The van der Waals surface area contributed by atoms with E-state index in [1.165, 1.54) is 258 Å². The third kappa shape index (κ3) is 17.5. The molecule has 0 nitrogen and oxygen atoms in total. The van der Waals surface area contributed by atoms with Crippen LogP contribution in [0.1, 0.15) is 230 Å². The monoisotopic (exact) mass is 1310 g/mol. The van der Waals surface area contributed by atoms with E-state index in [0.29, 0.717) is 0 Å². The Morgan fingerprint density at radius 3 is 0.520 bits per heavy atom. The Balaban J connectivity index is 0.000000218. The Morgan fingerprint density at radius 2 is 0.337 bits per heavy atom. The first-order chi connectivity index (χ1) is 45.8. The molecule has 0 spiro atoms. The molecule has 0 unspecified atom stereocenters. The third-order valence-electron chi connectivity index (χ3n) is 25.3. The Morgan fingerprint density at radius 1 is 0.173 bits per heavy atom. The van der Waals surface area contributed by atoms with Crippen LogP contribution in [-0.2, 0) is 25.7 Å². The molecule has 0 saturated carbocycles. The van der Waals surface area contributed by atoms with Crippen LogP contribution in [0.4, 0.5) is 0 Å². The number of rotatable bonds is 8. The molecule has 0 atom stereocenters. The van der Waals surface area contributed by atoms with Gasteiger partial charge in [-0.3, -0.25) is 0 Å². The fraction of sp³-hybridized carbons (Fsp3) is 0.408. The highest BCUT2D eigenvalue weighted by Crippen LogP contribution is 2.42. The van der Waals surface area contributed by atoms with Crippen LogP contribution in [0.15, 0.2) is 91.0 Å². The number of fused-ring (bicyclic) bond motifs is 1. The molecule has 0 amide bonds. The number of hydrogen-bond donors (Lipinski definition) is 0. The summed E-state index contributed by atoms with van der Waals surface area (Å²) in [5.41, 5.74) is 59.6. The summed E-state index contributed by atoms with van der Waals surface area (Å²) in [5, 5.41) is 2.97. The predicted molar refractivity (Wildman–Crippen MR) is 440 cm³/mol. The standard InChI is InChI=1S/C23H32.C22H30.C18H24.C15H16.C12H18.C8H10/c1-12-14(3)18(7)22(19(8)15(12)4)11-23-20(9)16(5)13(2)17(6)21(23)10;1-11-13(3)17(7)21(18(8)14(11)4)22-19(9)15(5)12(2)16(6)20(22)10;1-9-10(2)14(6)18-16(8)12(4)11(3)15(7)17(18)13(9)5;1-3-8-14(9-4-1)12-7-13-15-10-5-2-6-11-15;1-7-8(2)10(4)12(6)11(5)9(7)3;1-2-8-6-4-3-5-7-8/h11H2,1-10H3;1-10H3;1-8H3;1-6,8-11H,7,12-13H2;1-6H3;3-7H,2H2,1H3. The van der Waals surface area contributed by atoms with Crippen molar-refractivity contribution in [3.63, 3.8) is 0 Å². The Kier molecular flexibility index (Phi) is 29.0. The van der Waals surface area contributed by atoms with Gasteiger partial charge in [-0.25, -0.2) is 0 Å². The van der Waals surface area contributed by atoms with E-state index in [4.69, 9.17) is 0 Å². The van der Waals surface area contributed by atoms with Gasteiger partial charge < -0.3 is 0 Å². The van der Waals surface area contributed by atoms with Crippen molar-refractivity contribution in [3.05, 3.63) is 308 Å². The largest absolute Gasteiger partial charge is 0.0622 e. The van der Waals surface area contributed by atoms with E-state index in [1.807, 2.05) is 6.07 Å². The van der Waals surface area contributed by atoms with Crippen LogP contribution in [0, 0.1) is 235 Å². The van der Waals surface area contributed by atoms with Gasteiger partial charge in [0.1, 0.15) is 0 Å². The fourth-order valence-electron chi connectivity index (χ4n) is 15.0. The number of hydrogen-bond acceptors (Lipinski definition) is 0. The van der Waals surface area contributed by atoms with Crippen molar-refractivity contribution < 1.29 is 0 Å².